The summed E-state index contributed by atoms with van der Waals surface area (Å²) in [6, 6.07) is 8.43. The monoisotopic (exact) mass is 331 g/mol. The smallest absolute Gasteiger partial charge is 0.0265 e. The molecule has 1 rings (SSSR count). The number of halogens is 2. The van der Waals surface area contributed by atoms with Gasteiger partial charge in [0, 0.05) is 22.0 Å². The zero-order valence-corrected chi connectivity index (χ0v) is 11.9. The van der Waals surface area contributed by atoms with E-state index in [2.05, 4.69) is 68.9 Å². The van der Waals surface area contributed by atoms with Gasteiger partial charge in [-0.2, -0.15) is 0 Å². The Morgan fingerprint density at radius 2 is 2.27 bits per heavy atom. The van der Waals surface area contributed by atoms with Crippen LogP contribution in [0.3, 0.4) is 0 Å². The Hall–Kier alpha value is -0.120. The maximum Gasteiger partial charge on any atom is 0.0265 e. The number of nitrogens with one attached hydrogen (secondary N) is 1. The first-order chi connectivity index (χ1) is 7.09. The molecule has 0 saturated carbocycles. The predicted molar refractivity (Wildman–Crippen MR) is 73.5 cm³/mol. The molecular weight excluding hydrogens is 318 g/mol. The predicted octanol–water partition coefficient (Wildman–Crippen LogP) is 4.05. The van der Waals surface area contributed by atoms with Crippen LogP contribution < -0.4 is 5.32 Å². The first-order valence-corrected chi connectivity index (χ1v) is 6.47. The second-order valence-corrected chi connectivity index (χ2v) is 5.64. The van der Waals surface area contributed by atoms with E-state index in [1.165, 1.54) is 5.56 Å². The summed E-state index contributed by atoms with van der Waals surface area (Å²) in [5.74, 6) is 0.509. The van der Waals surface area contributed by atoms with Crippen LogP contribution in [0.2, 0.25) is 0 Å². The first kappa shape index (κ1) is 12.9. The molecule has 1 nitrogen and oxygen atoms in total. The molecule has 0 bridgehead atoms. The van der Waals surface area contributed by atoms with Crippen LogP contribution in [0, 0.1) is 0 Å². The van der Waals surface area contributed by atoms with E-state index in [0.717, 1.165) is 22.0 Å². The first-order valence-electron chi connectivity index (χ1n) is 4.89. The molecule has 1 unspecified atom stereocenters. The minimum atomic E-state index is 0.509. The van der Waals surface area contributed by atoms with Gasteiger partial charge in [0.25, 0.3) is 0 Å². The highest BCUT2D eigenvalue weighted by atomic mass is 79.9. The van der Waals surface area contributed by atoms with Crippen molar-refractivity contribution in [2.45, 2.75) is 12.8 Å². The summed E-state index contributed by atoms with van der Waals surface area (Å²) in [7, 11) is 0. The molecule has 0 heterocycles. The minimum absolute atomic E-state index is 0.509. The average molecular weight is 333 g/mol. The minimum Gasteiger partial charge on any atom is -0.312 e. The van der Waals surface area contributed by atoms with E-state index in [9.17, 15) is 0 Å². The molecule has 82 valence electrons. The molecule has 0 aromatic heterocycles. The third-order valence-corrected chi connectivity index (χ3v) is 2.96. The van der Waals surface area contributed by atoms with Gasteiger partial charge in [0.1, 0.15) is 0 Å². The van der Waals surface area contributed by atoms with E-state index in [0.29, 0.717) is 5.92 Å². The van der Waals surface area contributed by atoms with E-state index in [1.54, 1.807) is 0 Å². The fraction of sp³-hybridized carbons (Fsp3) is 0.333. The number of hydrogen-bond acceptors (Lipinski definition) is 1. The quantitative estimate of drug-likeness (QED) is 0.857. The van der Waals surface area contributed by atoms with Crippen molar-refractivity contribution in [2.75, 3.05) is 13.1 Å². The molecule has 1 aromatic rings. The lowest BCUT2D eigenvalue weighted by atomic mass is 10.0. The van der Waals surface area contributed by atoms with Crippen molar-refractivity contribution in [1.29, 1.82) is 0 Å². The molecule has 1 N–H and O–H groups in total. The van der Waals surface area contributed by atoms with E-state index in [-0.39, 0.29) is 0 Å². The summed E-state index contributed by atoms with van der Waals surface area (Å²) in [6.45, 7) is 7.78. The SMILES string of the molecule is C=C(Br)CNCC(C)c1cccc(Br)c1. The highest BCUT2D eigenvalue weighted by molar-refractivity contribution is 9.11. The summed E-state index contributed by atoms with van der Waals surface area (Å²) in [5, 5.41) is 3.34. The van der Waals surface area contributed by atoms with Gasteiger partial charge in [-0.1, -0.05) is 57.5 Å². The van der Waals surface area contributed by atoms with Gasteiger partial charge in [0.2, 0.25) is 0 Å². The molecule has 0 aliphatic rings. The molecule has 0 radical (unpaired) electrons. The van der Waals surface area contributed by atoms with Gasteiger partial charge < -0.3 is 5.32 Å². The van der Waals surface area contributed by atoms with Crippen LogP contribution in [-0.4, -0.2) is 13.1 Å². The van der Waals surface area contributed by atoms with E-state index >= 15 is 0 Å². The third kappa shape index (κ3) is 4.96. The van der Waals surface area contributed by atoms with Gasteiger partial charge in [-0.25, -0.2) is 0 Å². The highest BCUT2D eigenvalue weighted by Crippen LogP contribution is 2.19. The van der Waals surface area contributed by atoms with E-state index in [1.807, 2.05) is 6.07 Å². The Morgan fingerprint density at radius 1 is 1.53 bits per heavy atom. The van der Waals surface area contributed by atoms with Gasteiger partial charge in [0.05, 0.1) is 0 Å². The topological polar surface area (TPSA) is 12.0 Å². The lowest BCUT2D eigenvalue weighted by Crippen LogP contribution is -2.21. The normalized spacial score (nSPS) is 12.5. The fourth-order valence-corrected chi connectivity index (χ4v) is 1.97. The Labute approximate surface area is 108 Å². The molecule has 1 aromatic carbocycles. The van der Waals surface area contributed by atoms with Gasteiger partial charge >= 0.3 is 0 Å². The van der Waals surface area contributed by atoms with Crippen molar-refractivity contribution in [1.82, 2.24) is 5.32 Å². The maximum atomic E-state index is 3.79. The van der Waals surface area contributed by atoms with Crippen molar-refractivity contribution in [3.63, 3.8) is 0 Å². The van der Waals surface area contributed by atoms with Crippen molar-refractivity contribution in [3.05, 3.63) is 45.4 Å². The molecule has 3 heteroatoms. The second kappa shape index (κ2) is 6.46. The lowest BCUT2D eigenvalue weighted by molar-refractivity contribution is 0.649. The maximum absolute atomic E-state index is 3.79. The van der Waals surface area contributed by atoms with Gasteiger partial charge in [-0.15, -0.1) is 0 Å². The fourth-order valence-electron chi connectivity index (χ4n) is 1.36. The Morgan fingerprint density at radius 3 is 2.87 bits per heavy atom. The molecular formula is C12H15Br2N. The Bertz CT molecular complexity index is 336. The van der Waals surface area contributed by atoms with Crippen LogP contribution in [0.4, 0.5) is 0 Å². The molecule has 0 spiro atoms. The molecule has 15 heavy (non-hydrogen) atoms. The van der Waals surface area contributed by atoms with E-state index < -0.39 is 0 Å². The molecule has 0 fully saturated rings. The molecule has 0 aliphatic carbocycles. The van der Waals surface area contributed by atoms with Crippen LogP contribution in [0.25, 0.3) is 0 Å². The van der Waals surface area contributed by atoms with Gasteiger partial charge in [-0.05, 0) is 23.6 Å². The van der Waals surface area contributed by atoms with Crippen LogP contribution in [-0.2, 0) is 0 Å². The highest BCUT2D eigenvalue weighted by Gasteiger charge is 2.04. The van der Waals surface area contributed by atoms with Crippen LogP contribution in [0.5, 0.6) is 0 Å². The zero-order valence-electron chi connectivity index (χ0n) is 8.76. The van der Waals surface area contributed by atoms with Gasteiger partial charge in [-0.3, -0.25) is 0 Å². The largest absolute Gasteiger partial charge is 0.312 e. The summed E-state index contributed by atoms with van der Waals surface area (Å²) in [6.07, 6.45) is 0. The van der Waals surface area contributed by atoms with Crippen LogP contribution in [0.15, 0.2) is 39.8 Å². The molecule has 0 amide bonds. The lowest BCUT2D eigenvalue weighted by Gasteiger charge is -2.13. The van der Waals surface area contributed by atoms with E-state index in [4.69, 9.17) is 0 Å². The average Bonchev–Trinajstić information content (AvgIpc) is 2.17. The van der Waals surface area contributed by atoms with Crippen molar-refractivity contribution >= 4 is 31.9 Å². The summed E-state index contributed by atoms with van der Waals surface area (Å²) < 4.78 is 2.13. The zero-order chi connectivity index (χ0) is 11.3. The summed E-state index contributed by atoms with van der Waals surface area (Å²) in [4.78, 5) is 0. The molecule has 0 saturated heterocycles. The number of rotatable bonds is 5. The van der Waals surface area contributed by atoms with Crippen molar-refractivity contribution in [2.24, 2.45) is 0 Å². The van der Waals surface area contributed by atoms with Crippen LogP contribution >= 0.6 is 31.9 Å². The Kier molecular flexibility index (Phi) is 5.58. The Balaban J connectivity index is 2.46. The number of hydrogen-bond donors (Lipinski definition) is 1. The number of benzene rings is 1. The molecule has 0 aliphatic heterocycles. The standard InChI is InChI=1S/C12H15Br2N/c1-9(7-15-8-10(2)13)11-4-3-5-12(14)6-11/h3-6,9,15H,2,7-8H2,1H3. The summed E-state index contributed by atoms with van der Waals surface area (Å²) in [5.41, 5.74) is 1.34. The van der Waals surface area contributed by atoms with Gasteiger partial charge in [0.15, 0.2) is 0 Å². The van der Waals surface area contributed by atoms with Crippen LogP contribution in [0.1, 0.15) is 18.4 Å². The summed E-state index contributed by atoms with van der Waals surface area (Å²) >= 11 is 6.81. The third-order valence-electron chi connectivity index (χ3n) is 2.19. The molecule has 1 atom stereocenters. The van der Waals surface area contributed by atoms with Crippen molar-refractivity contribution in [3.8, 4) is 0 Å². The van der Waals surface area contributed by atoms with Crippen molar-refractivity contribution < 1.29 is 0 Å². The second-order valence-electron chi connectivity index (χ2n) is 3.60.